The summed E-state index contributed by atoms with van der Waals surface area (Å²) in [6, 6.07) is 1.84. The molecule has 1 N–H and O–H groups in total. The first kappa shape index (κ1) is 23.4. The third kappa shape index (κ3) is 4.52. The first-order chi connectivity index (χ1) is 16.9. The Bertz CT molecular complexity index is 1310. The van der Waals surface area contributed by atoms with E-state index in [1.165, 1.54) is 11.3 Å². The van der Waals surface area contributed by atoms with Gasteiger partial charge in [-0.3, -0.25) is 9.59 Å². The molecule has 1 aliphatic carbocycles. The number of carbonyl (C=O) groups excluding carboxylic acids is 2. The Balaban J connectivity index is 1.22. The number of amides is 2. The molecule has 3 aromatic heterocycles. The maximum Gasteiger partial charge on any atom is 0.276 e. The monoisotopic (exact) mass is 491 g/mol. The molecule has 4 heterocycles. The summed E-state index contributed by atoms with van der Waals surface area (Å²) in [6.45, 7) is 4.93. The Morgan fingerprint density at radius 1 is 1.17 bits per heavy atom. The van der Waals surface area contributed by atoms with E-state index in [0.29, 0.717) is 35.8 Å². The molecule has 0 bridgehead atoms. The number of thiazole rings is 1. The van der Waals surface area contributed by atoms with Gasteiger partial charge in [0.15, 0.2) is 11.3 Å². The van der Waals surface area contributed by atoms with Crippen molar-refractivity contribution in [1.29, 1.82) is 0 Å². The number of nitrogens with zero attached hydrogens (tertiary/aromatic N) is 6. The number of fused-ring (bicyclic) bond motifs is 1. The second-order valence-electron chi connectivity index (χ2n) is 9.57. The highest BCUT2D eigenvalue weighted by Crippen LogP contribution is 2.32. The summed E-state index contributed by atoms with van der Waals surface area (Å²) in [5, 5.41) is 18.6. The highest BCUT2D eigenvalue weighted by atomic mass is 32.1. The highest BCUT2D eigenvalue weighted by molar-refractivity contribution is 7.09. The smallest absolute Gasteiger partial charge is 0.276 e. The lowest BCUT2D eigenvalue weighted by atomic mass is 9.82. The van der Waals surface area contributed by atoms with E-state index in [4.69, 9.17) is 6.42 Å². The molecular weight excluding hydrogens is 462 g/mol. The van der Waals surface area contributed by atoms with Gasteiger partial charge < -0.3 is 10.2 Å². The van der Waals surface area contributed by atoms with E-state index in [1.54, 1.807) is 4.52 Å². The van der Waals surface area contributed by atoms with Crippen molar-refractivity contribution < 1.29 is 9.59 Å². The molecule has 9 nitrogen and oxygen atoms in total. The van der Waals surface area contributed by atoms with Crippen molar-refractivity contribution in [2.75, 3.05) is 13.1 Å². The van der Waals surface area contributed by atoms with Crippen molar-refractivity contribution in [1.82, 2.24) is 35.0 Å². The number of likely N-dealkylation sites (tertiary alicyclic amines) is 1. The van der Waals surface area contributed by atoms with E-state index in [-0.39, 0.29) is 17.7 Å². The summed E-state index contributed by atoms with van der Waals surface area (Å²) < 4.78 is 1.67. The van der Waals surface area contributed by atoms with Crippen LogP contribution in [0.3, 0.4) is 0 Å². The average Bonchev–Trinajstić information content (AvgIpc) is 3.52. The summed E-state index contributed by atoms with van der Waals surface area (Å²) in [7, 11) is 0. The molecule has 5 rings (SSSR count). The molecule has 2 amide bonds. The van der Waals surface area contributed by atoms with E-state index in [1.807, 2.05) is 30.2 Å². The molecule has 0 atom stereocenters. The number of hydrogen-bond acceptors (Lipinski definition) is 7. The second-order valence-corrected chi connectivity index (χ2v) is 10.5. The van der Waals surface area contributed by atoms with Crippen LogP contribution in [-0.4, -0.2) is 60.1 Å². The molecular formula is C25H29N7O2S. The molecule has 3 aromatic rings. The molecule has 0 aromatic carbocycles. The third-order valence-corrected chi connectivity index (χ3v) is 8.16. The number of aromatic nitrogens is 5. The quantitative estimate of drug-likeness (QED) is 0.562. The molecule has 0 radical (unpaired) electrons. The molecule has 0 unspecified atom stereocenters. The van der Waals surface area contributed by atoms with Gasteiger partial charge in [0.1, 0.15) is 11.2 Å². The fraction of sp³-hybridized carbons (Fsp3) is 0.520. The molecule has 182 valence electrons. The van der Waals surface area contributed by atoms with Crippen LogP contribution in [0.1, 0.15) is 88.2 Å². The molecule has 2 aliphatic rings. The van der Waals surface area contributed by atoms with Gasteiger partial charge >= 0.3 is 0 Å². The van der Waals surface area contributed by atoms with Gasteiger partial charge in [0, 0.05) is 30.5 Å². The topological polar surface area (TPSA) is 105 Å². The van der Waals surface area contributed by atoms with Crippen LogP contribution in [0.15, 0.2) is 11.4 Å². The number of carbonyl (C=O) groups is 2. The maximum absolute atomic E-state index is 13.2. The zero-order valence-corrected chi connectivity index (χ0v) is 20.9. The average molecular weight is 492 g/mol. The second kappa shape index (κ2) is 9.38. The zero-order chi connectivity index (χ0) is 24.6. The Hall–Kier alpha value is -3.32. The van der Waals surface area contributed by atoms with Crippen LogP contribution in [0.25, 0.3) is 5.65 Å². The molecule has 1 aliphatic heterocycles. The third-order valence-electron chi connectivity index (χ3n) is 7.15. The van der Waals surface area contributed by atoms with Crippen molar-refractivity contribution in [3.05, 3.63) is 39.2 Å². The van der Waals surface area contributed by atoms with Crippen molar-refractivity contribution >= 4 is 28.8 Å². The number of piperidine rings is 1. The fourth-order valence-electron chi connectivity index (χ4n) is 5.08. The Morgan fingerprint density at radius 2 is 1.91 bits per heavy atom. The molecule has 1 saturated carbocycles. The van der Waals surface area contributed by atoms with Crippen molar-refractivity contribution in [3.8, 4) is 12.3 Å². The van der Waals surface area contributed by atoms with Crippen LogP contribution >= 0.6 is 11.3 Å². The van der Waals surface area contributed by atoms with Gasteiger partial charge in [-0.15, -0.1) is 28.0 Å². The van der Waals surface area contributed by atoms with Crippen molar-refractivity contribution in [2.45, 2.75) is 70.3 Å². The highest BCUT2D eigenvalue weighted by Gasteiger charge is 2.33. The summed E-state index contributed by atoms with van der Waals surface area (Å²) in [5.41, 5.74) is 2.36. The van der Waals surface area contributed by atoms with Crippen LogP contribution in [0.5, 0.6) is 0 Å². The number of terminal acetylenes is 1. The Kier molecular flexibility index (Phi) is 6.28. The molecule has 2 fully saturated rings. The predicted octanol–water partition coefficient (Wildman–Crippen LogP) is 3.28. The van der Waals surface area contributed by atoms with E-state index < -0.39 is 5.54 Å². The summed E-state index contributed by atoms with van der Waals surface area (Å²) >= 11 is 1.50. The van der Waals surface area contributed by atoms with Gasteiger partial charge in [-0.25, -0.2) is 9.50 Å². The summed E-state index contributed by atoms with van der Waals surface area (Å²) in [5.74, 6) is 2.71. The van der Waals surface area contributed by atoms with Gasteiger partial charge in [-0.05, 0) is 39.5 Å². The molecule has 1 saturated heterocycles. The van der Waals surface area contributed by atoms with Crippen LogP contribution in [0, 0.1) is 26.2 Å². The Labute approximate surface area is 208 Å². The largest absolute Gasteiger partial charge is 0.337 e. The van der Waals surface area contributed by atoms with E-state index in [2.05, 4.69) is 31.5 Å². The summed E-state index contributed by atoms with van der Waals surface area (Å²) in [6.07, 6.45) is 12.2. The van der Waals surface area contributed by atoms with Gasteiger partial charge in [0.05, 0.1) is 16.4 Å². The van der Waals surface area contributed by atoms with Crippen LogP contribution in [0.2, 0.25) is 0 Å². The lowest BCUT2D eigenvalue weighted by Gasteiger charge is -2.33. The van der Waals surface area contributed by atoms with E-state index in [9.17, 15) is 9.59 Å². The predicted molar refractivity (Wildman–Crippen MR) is 132 cm³/mol. The lowest BCUT2D eigenvalue weighted by Crippen LogP contribution is -2.48. The van der Waals surface area contributed by atoms with Gasteiger partial charge in [0.2, 0.25) is 0 Å². The minimum atomic E-state index is -0.552. The van der Waals surface area contributed by atoms with Crippen molar-refractivity contribution in [2.24, 2.45) is 0 Å². The number of rotatable bonds is 4. The van der Waals surface area contributed by atoms with Crippen LogP contribution in [-0.2, 0) is 0 Å². The van der Waals surface area contributed by atoms with E-state index >= 15 is 0 Å². The Morgan fingerprint density at radius 3 is 2.63 bits per heavy atom. The molecule has 10 heteroatoms. The zero-order valence-electron chi connectivity index (χ0n) is 20.1. The number of hydrogen-bond donors (Lipinski definition) is 1. The fourth-order valence-corrected chi connectivity index (χ4v) is 6.05. The standard InChI is InChI=1S/C25H29N7O2S/c1-4-25(10-6-5-7-11-25)27-22(33)19-15-35-23(26-19)18-8-12-31(13-9-18)24(34)21-17(3)32-20(28-29-21)14-16(2)30-32/h1,14-15,18H,5-13H2,2-3H3,(H,27,33). The van der Waals surface area contributed by atoms with Gasteiger partial charge in [0.25, 0.3) is 11.8 Å². The first-order valence-electron chi connectivity index (χ1n) is 12.1. The maximum atomic E-state index is 13.2. The van der Waals surface area contributed by atoms with Crippen LogP contribution < -0.4 is 5.32 Å². The van der Waals surface area contributed by atoms with Crippen molar-refractivity contribution in [3.63, 3.8) is 0 Å². The van der Waals surface area contributed by atoms with E-state index in [0.717, 1.165) is 55.6 Å². The van der Waals surface area contributed by atoms with Crippen LogP contribution in [0.4, 0.5) is 0 Å². The molecule has 35 heavy (non-hydrogen) atoms. The normalized spacial score (nSPS) is 18.4. The summed E-state index contributed by atoms with van der Waals surface area (Å²) in [4.78, 5) is 32.5. The van der Waals surface area contributed by atoms with Gasteiger partial charge in [-0.1, -0.05) is 25.2 Å². The minimum absolute atomic E-state index is 0.130. The lowest BCUT2D eigenvalue weighted by molar-refractivity contribution is 0.0704. The van der Waals surface area contributed by atoms with Gasteiger partial charge in [-0.2, -0.15) is 5.10 Å². The first-order valence-corrected chi connectivity index (χ1v) is 13.0. The minimum Gasteiger partial charge on any atom is -0.337 e. The molecule has 0 spiro atoms. The SMILES string of the molecule is C#CC1(NC(=O)c2csc(C3CCN(C(=O)c4nnc5cc(C)nn5c4C)CC3)n2)CCCCC1. The number of aryl methyl sites for hydroxylation is 2. The number of nitrogens with one attached hydrogen (secondary N) is 1.